The monoisotopic (exact) mass is 905 g/mol. The number of unbranched alkanes of at least 4 members (excludes halogenated alkanes) is 23. The average Bonchev–Trinajstić information content (AvgIpc) is 3.30. The van der Waals surface area contributed by atoms with Crippen LogP contribution in [0, 0.1) is 0 Å². The van der Waals surface area contributed by atoms with Crippen LogP contribution in [0.2, 0.25) is 0 Å². The zero-order chi connectivity index (χ0) is 47.2. The van der Waals surface area contributed by atoms with Gasteiger partial charge in [0, 0.05) is 19.3 Å². The van der Waals surface area contributed by atoms with Gasteiger partial charge in [0.25, 0.3) is 0 Å². The molecule has 0 aromatic carbocycles. The zero-order valence-electron chi connectivity index (χ0n) is 42.5. The summed E-state index contributed by atoms with van der Waals surface area (Å²) in [5.74, 6) is -1.07. The van der Waals surface area contributed by atoms with Crippen molar-refractivity contribution in [3.05, 3.63) is 85.1 Å². The SMILES string of the molecule is CC/C=C/C/C=C/C/C=C/C/C=C/C/C=C/CCC(=O)OC(COC(=O)CC/C=C/C/C=C/CCCCCCCC)COC(=O)CCCCCCCCCCCCCCCCCCCC. The lowest BCUT2D eigenvalue weighted by Gasteiger charge is -2.18. The van der Waals surface area contributed by atoms with Gasteiger partial charge >= 0.3 is 17.9 Å². The van der Waals surface area contributed by atoms with Gasteiger partial charge in [-0.15, -0.1) is 0 Å². The van der Waals surface area contributed by atoms with E-state index in [1.165, 1.54) is 135 Å². The summed E-state index contributed by atoms with van der Waals surface area (Å²) in [6.07, 6.45) is 68.9. The van der Waals surface area contributed by atoms with Crippen LogP contribution in [-0.4, -0.2) is 37.2 Å². The molecular formula is C59H100O6. The highest BCUT2D eigenvalue weighted by atomic mass is 16.6. The minimum Gasteiger partial charge on any atom is -0.462 e. The van der Waals surface area contributed by atoms with Crippen molar-refractivity contribution in [2.75, 3.05) is 13.2 Å². The fourth-order valence-corrected chi connectivity index (χ4v) is 7.37. The van der Waals surface area contributed by atoms with E-state index in [-0.39, 0.29) is 38.0 Å². The van der Waals surface area contributed by atoms with Gasteiger partial charge in [0.2, 0.25) is 0 Å². The molecule has 0 saturated carbocycles. The predicted molar refractivity (Wildman–Crippen MR) is 279 cm³/mol. The second-order valence-electron chi connectivity index (χ2n) is 17.8. The Balaban J connectivity index is 4.50. The minimum absolute atomic E-state index is 0.121. The molecule has 6 nitrogen and oxygen atoms in total. The van der Waals surface area contributed by atoms with Gasteiger partial charge in [-0.1, -0.05) is 247 Å². The first-order valence-corrected chi connectivity index (χ1v) is 27.1. The number of rotatable bonds is 48. The van der Waals surface area contributed by atoms with Crippen molar-refractivity contribution in [1.29, 1.82) is 0 Å². The number of carbonyl (C=O) groups excluding carboxylic acids is 3. The summed E-state index contributed by atoms with van der Waals surface area (Å²) in [5.41, 5.74) is 0. The molecule has 1 unspecified atom stereocenters. The molecule has 0 aliphatic carbocycles. The fraction of sp³-hybridized carbons (Fsp3) is 0.712. The summed E-state index contributed by atoms with van der Waals surface area (Å²) in [6.45, 7) is 6.41. The van der Waals surface area contributed by atoms with E-state index >= 15 is 0 Å². The zero-order valence-corrected chi connectivity index (χ0v) is 42.5. The van der Waals surface area contributed by atoms with Crippen molar-refractivity contribution in [2.24, 2.45) is 0 Å². The summed E-state index contributed by atoms with van der Waals surface area (Å²) in [6, 6.07) is 0. The first-order chi connectivity index (χ1) is 32.0. The van der Waals surface area contributed by atoms with Crippen LogP contribution in [0.5, 0.6) is 0 Å². The number of carbonyl (C=O) groups is 3. The normalized spacial score (nSPS) is 12.7. The maximum absolute atomic E-state index is 12.8. The van der Waals surface area contributed by atoms with E-state index in [2.05, 4.69) is 87.6 Å². The Morgan fingerprint density at radius 3 is 1.03 bits per heavy atom. The lowest BCUT2D eigenvalue weighted by molar-refractivity contribution is -0.166. The largest absolute Gasteiger partial charge is 0.462 e. The third-order valence-electron chi connectivity index (χ3n) is 11.4. The predicted octanol–water partition coefficient (Wildman–Crippen LogP) is 18.0. The van der Waals surface area contributed by atoms with Gasteiger partial charge in [0.1, 0.15) is 13.2 Å². The summed E-state index contributed by atoms with van der Waals surface area (Å²) < 4.78 is 16.7. The molecule has 1 atom stereocenters. The summed E-state index contributed by atoms with van der Waals surface area (Å²) in [5, 5.41) is 0. The molecule has 0 saturated heterocycles. The second-order valence-corrected chi connectivity index (χ2v) is 17.8. The van der Waals surface area contributed by atoms with E-state index in [0.717, 1.165) is 64.2 Å². The topological polar surface area (TPSA) is 78.9 Å². The number of ether oxygens (including phenoxy) is 3. The van der Waals surface area contributed by atoms with Crippen LogP contribution in [0.15, 0.2) is 85.1 Å². The van der Waals surface area contributed by atoms with Gasteiger partial charge in [-0.3, -0.25) is 14.4 Å². The Morgan fingerprint density at radius 1 is 0.323 bits per heavy atom. The van der Waals surface area contributed by atoms with Gasteiger partial charge in [0.15, 0.2) is 6.10 Å². The molecule has 372 valence electrons. The van der Waals surface area contributed by atoms with Gasteiger partial charge < -0.3 is 14.2 Å². The van der Waals surface area contributed by atoms with Crippen molar-refractivity contribution in [1.82, 2.24) is 0 Å². The van der Waals surface area contributed by atoms with E-state index < -0.39 is 12.1 Å². The van der Waals surface area contributed by atoms with Gasteiger partial charge in [-0.25, -0.2) is 0 Å². The number of hydrogen-bond donors (Lipinski definition) is 0. The molecule has 0 spiro atoms. The molecule has 65 heavy (non-hydrogen) atoms. The highest BCUT2D eigenvalue weighted by Gasteiger charge is 2.19. The summed E-state index contributed by atoms with van der Waals surface area (Å²) in [4.78, 5) is 38.0. The van der Waals surface area contributed by atoms with E-state index in [1.807, 2.05) is 18.2 Å². The Labute approximate surface area is 401 Å². The summed E-state index contributed by atoms with van der Waals surface area (Å²) in [7, 11) is 0. The average molecular weight is 905 g/mol. The Bertz CT molecular complexity index is 1270. The van der Waals surface area contributed by atoms with Crippen LogP contribution in [-0.2, 0) is 28.6 Å². The molecular weight excluding hydrogens is 805 g/mol. The quantitative estimate of drug-likeness (QED) is 0.0262. The highest BCUT2D eigenvalue weighted by molar-refractivity contribution is 5.71. The van der Waals surface area contributed by atoms with Crippen molar-refractivity contribution in [2.45, 2.75) is 258 Å². The Kier molecular flexibility index (Phi) is 50.4. The number of hydrogen-bond acceptors (Lipinski definition) is 6. The van der Waals surface area contributed by atoms with E-state index in [0.29, 0.717) is 19.3 Å². The maximum atomic E-state index is 12.8. The molecule has 0 N–H and O–H groups in total. The van der Waals surface area contributed by atoms with Crippen molar-refractivity contribution in [3.8, 4) is 0 Å². The van der Waals surface area contributed by atoms with Gasteiger partial charge in [-0.05, 0) is 70.6 Å². The molecule has 0 aromatic heterocycles. The van der Waals surface area contributed by atoms with Crippen LogP contribution in [0.4, 0.5) is 0 Å². The van der Waals surface area contributed by atoms with Gasteiger partial charge in [-0.2, -0.15) is 0 Å². The lowest BCUT2D eigenvalue weighted by Crippen LogP contribution is -2.30. The van der Waals surface area contributed by atoms with Crippen molar-refractivity contribution < 1.29 is 28.6 Å². The number of allylic oxidation sites excluding steroid dienone is 14. The van der Waals surface area contributed by atoms with E-state index in [4.69, 9.17) is 14.2 Å². The highest BCUT2D eigenvalue weighted by Crippen LogP contribution is 2.15. The fourth-order valence-electron chi connectivity index (χ4n) is 7.37. The molecule has 0 rings (SSSR count). The van der Waals surface area contributed by atoms with Crippen molar-refractivity contribution in [3.63, 3.8) is 0 Å². The molecule has 0 radical (unpaired) electrons. The van der Waals surface area contributed by atoms with Crippen LogP contribution in [0.25, 0.3) is 0 Å². The molecule has 0 amide bonds. The lowest BCUT2D eigenvalue weighted by atomic mass is 10.0. The van der Waals surface area contributed by atoms with Crippen LogP contribution in [0.3, 0.4) is 0 Å². The van der Waals surface area contributed by atoms with Crippen LogP contribution < -0.4 is 0 Å². The third kappa shape index (κ3) is 51.4. The van der Waals surface area contributed by atoms with Crippen LogP contribution in [0.1, 0.15) is 252 Å². The summed E-state index contributed by atoms with van der Waals surface area (Å²) >= 11 is 0. The molecule has 0 aliphatic rings. The first-order valence-electron chi connectivity index (χ1n) is 27.1. The van der Waals surface area contributed by atoms with Gasteiger partial charge in [0.05, 0.1) is 0 Å². The molecule has 0 heterocycles. The van der Waals surface area contributed by atoms with E-state index in [9.17, 15) is 14.4 Å². The third-order valence-corrected chi connectivity index (χ3v) is 11.4. The molecule has 0 aliphatic heterocycles. The molecule has 6 heteroatoms. The molecule has 0 fully saturated rings. The standard InChI is InChI=1S/C59H100O6/c1-4-7-10-13-16-19-22-25-27-29-30-32-34-37-40-43-46-49-52-58(61)64-55-56(54-63-57(60)51-48-45-42-39-36-33-24-21-18-15-12-9-6-3)65-59(62)53-50-47-44-41-38-35-31-28-26-23-20-17-14-11-8-5-2/h8,11,17,20,26,28,33,35-36,38,42,44-45,47,56H,4-7,9-10,12-16,18-19,21-25,27,29-32,34,37,39-41,43,46,48-55H2,1-3H3/b11-8+,20-17+,28-26+,36-33+,38-35+,45-42+,47-44+. The second kappa shape index (κ2) is 53.2. The molecule has 0 aromatic rings. The Morgan fingerprint density at radius 2 is 0.631 bits per heavy atom. The first kappa shape index (κ1) is 61.6. The molecule has 0 bridgehead atoms. The van der Waals surface area contributed by atoms with Crippen LogP contribution >= 0.6 is 0 Å². The smallest absolute Gasteiger partial charge is 0.306 e. The maximum Gasteiger partial charge on any atom is 0.306 e. The number of esters is 3. The van der Waals surface area contributed by atoms with E-state index in [1.54, 1.807) is 0 Å². The van der Waals surface area contributed by atoms with Crippen molar-refractivity contribution >= 4 is 17.9 Å². The Hall–Kier alpha value is -3.41. The minimum atomic E-state index is -0.837.